The third-order valence-electron chi connectivity index (χ3n) is 3.37. The molecule has 0 spiro atoms. The lowest BCUT2D eigenvalue weighted by Gasteiger charge is -2.15. The second kappa shape index (κ2) is 4.82. The number of methoxy groups -OCH3 is 1. The van der Waals surface area contributed by atoms with E-state index in [1.165, 1.54) is 0 Å². The van der Waals surface area contributed by atoms with Gasteiger partial charge in [0.05, 0.1) is 7.11 Å². The number of para-hydroxylation sites is 1. The molecule has 1 aromatic heterocycles. The second-order valence-electron chi connectivity index (χ2n) is 4.55. The van der Waals surface area contributed by atoms with Crippen LogP contribution in [0.15, 0.2) is 30.5 Å². The highest BCUT2D eigenvalue weighted by Crippen LogP contribution is 2.29. The van der Waals surface area contributed by atoms with Gasteiger partial charge < -0.3 is 15.4 Å². The zero-order valence-corrected chi connectivity index (χ0v) is 10.4. The Hall–Kier alpha value is -1.81. The first-order chi connectivity index (χ1) is 8.88. The molecule has 0 amide bonds. The van der Waals surface area contributed by atoms with E-state index in [-0.39, 0.29) is 0 Å². The molecule has 0 radical (unpaired) electrons. The van der Waals surface area contributed by atoms with E-state index in [0.717, 1.165) is 41.9 Å². The normalized spacial score (nSPS) is 19.1. The molecule has 1 saturated heterocycles. The predicted octanol–water partition coefficient (Wildman–Crippen LogP) is 2.02. The second-order valence-corrected chi connectivity index (χ2v) is 4.55. The van der Waals surface area contributed by atoms with E-state index in [4.69, 9.17) is 4.74 Å². The average molecular weight is 243 g/mol. The lowest BCUT2D eigenvalue weighted by molar-refractivity contribution is 0.419. The summed E-state index contributed by atoms with van der Waals surface area (Å²) in [6, 6.07) is 8.55. The van der Waals surface area contributed by atoms with Gasteiger partial charge in [-0.3, -0.25) is 4.98 Å². The van der Waals surface area contributed by atoms with Crippen LogP contribution in [0.1, 0.15) is 6.42 Å². The number of nitrogens with one attached hydrogen (secondary N) is 2. The van der Waals surface area contributed by atoms with Gasteiger partial charge in [-0.05, 0) is 25.1 Å². The topological polar surface area (TPSA) is 46.2 Å². The number of pyridine rings is 1. The van der Waals surface area contributed by atoms with Crippen molar-refractivity contribution in [2.75, 3.05) is 25.5 Å². The molecule has 3 rings (SSSR count). The average Bonchev–Trinajstić information content (AvgIpc) is 2.91. The van der Waals surface area contributed by atoms with Gasteiger partial charge in [0.25, 0.3) is 0 Å². The Kier molecular flexibility index (Phi) is 3.02. The molecule has 4 nitrogen and oxygen atoms in total. The van der Waals surface area contributed by atoms with Crippen molar-refractivity contribution >= 4 is 16.6 Å². The van der Waals surface area contributed by atoms with Crippen molar-refractivity contribution in [1.82, 2.24) is 10.3 Å². The standard InChI is InChI=1S/C14H17N3O/c1-18-13-4-2-3-11-12(6-8-16-14(11)13)17-10-5-7-15-9-10/h2-4,6,8,10,15H,5,7,9H2,1H3,(H,16,17). The number of hydrogen-bond acceptors (Lipinski definition) is 4. The van der Waals surface area contributed by atoms with Crippen LogP contribution in [0.25, 0.3) is 10.9 Å². The smallest absolute Gasteiger partial charge is 0.145 e. The predicted molar refractivity (Wildman–Crippen MR) is 73.2 cm³/mol. The highest BCUT2D eigenvalue weighted by atomic mass is 16.5. The SMILES string of the molecule is COc1cccc2c(NC3CCNC3)ccnc12. The van der Waals surface area contributed by atoms with Crippen molar-refractivity contribution < 1.29 is 4.74 Å². The minimum Gasteiger partial charge on any atom is -0.494 e. The van der Waals surface area contributed by atoms with Gasteiger partial charge in [-0.25, -0.2) is 0 Å². The van der Waals surface area contributed by atoms with Gasteiger partial charge in [-0.15, -0.1) is 0 Å². The lowest BCUT2D eigenvalue weighted by Crippen LogP contribution is -2.22. The van der Waals surface area contributed by atoms with Crippen LogP contribution in [0.3, 0.4) is 0 Å². The number of ether oxygens (including phenoxy) is 1. The number of hydrogen-bond donors (Lipinski definition) is 2. The molecular formula is C14H17N3O. The number of benzene rings is 1. The molecule has 1 fully saturated rings. The fourth-order valence-corrected chi connectivity index (χ4v) is 2.44. The highest BCUT2D eigenvalue weighted by molar-refractivity contribution is 5.94. The number of fused-ring (bicyclic) bond motifs is 1. The van der Waals surface area contributed by atoms with Gasteiger partial charge in [0, 0.05) is 29.9 Å². The largest absolute Gasteiger partial charge is 0.494 e. The van der Waals surface area contributed by atoms with Crippen LogP contribution in [0, 0.1) is 0 Å². The molecule has 1 atom stereocenters. The fraction of sp³-hybridized carbons (Fsp3) is 0.357. The maximum absolute atomic E-state index is 5.35. The Morgan fingerprint density at radius 2 is 2.33 bits per heavy atom. The van der Waals surface area contributed by atoms with E-state index < -0.39 is 0 Å². The summed E-state index contributed by atoms with van der Waals surface area (Å²) in [5.74, 6) is 0.820. The van der Waals surface area contributed by atoms with E-state index in [1.54, 1.807) is 7.11 Å². The fourth-order valence-electron chi connectivity index (χ4n) is 2.44. The van der Waals surface area contributed by atoms with Crippen LogP contribution in [0.4, 0.5) is 5.69 Å². The molecule has 2 aromatic rings. The van der Waals surface area contributed by atoms with Crippen molar-refractivity contribution in [1.29, 1.82) is 0 Å². The summed E-state index contributed by atoms with van der Waals surface area (Å²) in [6.45, 7) is 2.11. The molecular weight excluding hydrogens is 226 g/mol. The number of anilines is 1. The van der Waals surface area contributed by atoms with Crippen molar-refractivity contribution in [3.05, 3.63) is 30.5 Å². The Bertz CT molecular complexity index is 550. The summed E-state index contributed by atoms with van der Waals surface area (Å²) >= 11 is 0. The summed E-state index contributed by atoms with van der Waals surface area (Å²) in [5, 5.41) is 8.05. The van der Waals surface area contributed by atoms with Crippen LogP contribution in [-0.2, 0) is 0 Å². The molecule has 0 bridgehead atoms. The quantitative estimate of drug-likeness (QED) is 0.865. The van der Waals surface area contributed by atoms with Crippen LogP contribution in [0.2, 0.25) is 0 Å². The third-order valence-corrected chi connectivity index (χ3v) is 3.37. The third kappa shape index (κ3) is 1.99. The minimum absolute atomic E-state index is 0.502. The minimum atomic E-state index is 0.502. The Balaban J connectivity index is 2.01. The summed E-state index contributed by atoms with van der Waals surface area (Å²) < 4.78 is 5.35. The van der Waals surface area contributed by atoms with E-state index >= 15 is 0 Å². The summed E-state index contributed by atoms with van der Waals surface area (Å²) in [7, 11) is 1.68. The Morgan fingerprint density at radius 1 is 1.39 bits per heavy atom. The summed E-state index contributed by atoms with van der Waals surface area (Å²) in [5.41, 5.74) is 2.04. The first-order valence-corrected chi connectivity index (χ1v) is 6.27. The summed E-state index contributed by atoms with van der Waals surface area (Å²) in [6.07, 6.45) is 2.99. The molecule has 94 valence electrons. The summed E-state index contributed by atoms with van der Waals surface area (Å²) in [4.78, 5) is 4.41. The maximum atomic E-state index is 5.35. The van der Waals surface area contributed by atoms with Gasteiger partial charge in [-0.2, -0.15) is 0 Å². The van der Waals surface area contributed by atoms with Crippen molar-refractivity contribution in [3.8, 4) is 5.75 Å². The van der Waals surface area contributed by atoms with Crippen LogP contribution in [0.5, 0.6) is 5.75 Å². The zero-order chi connectivity index (χ0) is 12.4. The van der Waals surface area contributed by atoms with E-state index in [2.05, 4.69) is 21.7 Å². The van der Waals surface area contributed by atoms with E-state index in [1.807, 2.05) is 24.4 Å². The van der Waals surface area contributed by atoms with Crippen molar-refractivity contribution in [2.24, 2.45) is 0 Å². The van der Waals surface area contributed by atoms with E-state index in [0.29, 0.717) is 6.04 Å². The molecule has 2 heterocycles. The van der Waals surface area contributed by atoms with Gasteiger partial charge >= 0.3 is 0 Å². The first kappa shape index (κ1) is 11.3. The van der Waals surface area contributed by atoms with Gasteiger partial charge in [0.2, 0.25) is 0 Å². The molecule has 18 heavy (non-hydrogen) atoms. The van der Waals surface area contributed by atoms with Crippen molar-refractivity contribution in [2.45, 2.75) is 12.5 Å². The first-order valence-electron chi connectivity index (χ1n) is 6.27. The number of nitrogens with zero attached hydrogens (tertiary/aromatic N) is 1. The van der Waals surface area contributed by atoms with E-state index in [9.17, 15) is 0 Å². The number of aromatic nitrogens is 1. The van der Waals surface area contributed by atoms with Crippen LogP contribution in [-0.4, -0.2) is 31.2 Å². The molecule has 2 N–H and O–H groups in total. The zero-order valence-electron chi connectivity index (χ0n) is 10.4. The monoisotopic (exact) mass is 243 g/mol. The molecule has 0 saturated carbocycles. The molecule has 1 aliphatic rings. The van der Waals surface area contributed by atoms with Crippen LogP contribution < -0.4 is 15.4 Å². The molecule has 1 aliphatic heterocycles. The highest BCUT2D eigenvalue weighted by Gasteiger charge is 2.15. The van der Waals surface area contributed by atoms with Gasteiger partial charge in [-0.1, -0.05) is 12.1 Å². The molecule has 0 aliphatic carbocycles. The number of rotatable bonds is 3. The van der Waals surface area contributed by atoms with Gasteiger partial charge in [0.15, 0.2) is 0 Å². The molecule has 1 unspecified atom stereocenters. The molecule has 4 heteroatoms. The van der Waals surface area contributed by atoms with Crippen LogP contribution >= 0.6 is 0 Å². The molecule has 1 aromatic carbocycles. The van der Waals surface area contributed by atoms with Crippen molar-refractivity contribution in [3.63, 3.8) is 0 Å². The Morgan fingerprint density at radius 3 is 3.11 bits per heavy atom. The Labute approximate surface area is 106 Å². The maximum Gasteiger partial charge on any atom is 0.145 e. The lowest BCUT2D eigenvalue weighted by atomic mass is 10.1. The van der Waals surface area contributed by atoms with Gasteiger partial charge in [0.1, 0.15) is 11.3 Å².